The van der Waals surface area contributed by atoms with E-state index in [1.807, 2.05) is 30.1 Å². The van der Waals surface area contributed by atoms with E-state index in [9.17, 15) is 10.1 Å². The number of carbonyl (C=O) groups excluding carboxylic acids is 1. The van der Waals surface area contributed by atoms with Crippen molar-refractivity contribution in [2.75, 3.05) is 25.0 Å². The molecule has 1 saturated heterocycles. The number of anilines is 1. The predicted octanol–water partition coefficient (Wildman–Crippen LogP) is 2.98. The number of nitrogens with one attached hydrogen (secondary N) is 3. The second-order valence-electron chi connectivity index (χ2n) is 8.58. The number of aromatic nitrogens is 2. The number of dihydropyridines is 1. The minimum atomic E-state index is 0.258. The van der Waals surface area contributed by atoms with Gasteiger partial charge in [0, 0.05) is 38.3 Å². The standard InChI is InChI=1S/C24H31N7O/c1-17-16-27-24(28-18-7-2-3-8-18)30-23(17)19(15-25)20-9-4-10-21(29-20)26-12-6-14-31-13-5-11-22(31)32/h4,9-10,16,18,26,29H,2-3,5-8,11-14H2,1H3,(H,27,28,30)/b20-19-. The zero-order valence-corrected chi connectivity index (χ0v) is 18.7. The first-order chi connectivity index (χ1) is 15.6. The minimum Gasteiger partial charge on any atom is -0.372 e. The molecular formula is C24H31N7O. The van der Waals surface area contributed by atoms with Crippen molar-refractivity contribution in [1.29, 1.82) is 5.26 Å². The zero-order valence-electron chi connectivity index (χ0n) is 18.7. The summed E-state index contributed by atoms with van der Waals surface area (Å²) in [4.78, 5) is 22.8. The maximum atomic E-state index is 11.7. The fraction of sp³-hybridized carbons (Fsp3) is 0.500. The molecule has 0 unspecified atom stereocenters. The third-order valence-electron chi connectivity index (χ3n) is 6.16. The van der Waals surface area contributed by atoms with Gasteiger partial charge in [0.05, 0.1) is 11.4 Å². The molecule has 4 rings (SSSR count). The van der Waals surface area contributed by atoms with Gasteiger partial charge in [-0.3, -0.25) is 4.79 Å². The highest BCUT2D eigenvalue weighted by atomic mass is 16.2. The van der Waals surface area contributed by atoms with Crippen LogP contribution < -0.4 is 16.0 Å². The molecule has 0 aromatic carbocycles. The van der Waals surface area contributed by atoms with E-state index < -0.39 is 0 Å². The number of allylic oxidation sites excluding steroid dienone is 4. The number of amides is 1. The highest BCUT2D eigenvalue weighted by Crippen LogP contribution is 2.24. The van der Waals surface area contributed by atoms with Crippen molar-refractivity contribution in [3.63, 3.8) is 0 Å². The largest absolute Gasteiger partial charge is 0.372 e. The quantitative estimate of drug-likeness (QED) is 0.427. The molecule has 0 radical (unpaired) electrons. The highest BCUT2D eigenvalue weighted by Gasteiger charge is 2.20. The lowest BCUT2D eigenvalue weighted by atomic mass is 10.1. The van der Waals surface area contributed by atoms with E-state index in [-0.39, 0.29) is 5.91 Å². The monoisotopic (exact) mass is 433 g/mol. The van der Waals surface area contributed by atoms with Crippen LogP contribution in [-0.4, -0.2) is 46.5 Å². The van der Waals surface area contributed by atoms with Crippen molar-refractivity contribution in [2.24, 2.45) is 0 Å². The van der Waals surface area contributed by atoms with Gasteiger partial charge < -0.3 is 20.9 Å². The van der Waals surface area contributed by atoms with Gasteiger partial charge in [0.15, 0.2) is 0 Å². The Kier molecular flexibility index (Phi) is 7.05. The molecule has 0 atom stereocenters. The number of nitriles is 1. The Labute approximate surface area is 189 Å². The molecule has 3 heterocycles. The molecule has 0 bridgehead atoms. The number of carbonyl (C=O) groups is 1. The van der Waals surface area contributed by atoms with E-state index >= 15 is 0 Å². The Morgan fingerprint density at radius 1 is 1.34 bits per heavy atom. The van der Waals surface area contributed by atoms with Crippen LogP contribution in [-0.2, 0) is 4.79 Å². The second-order valence-corrected chi connectivity index (χ2v) is 8.58. The van der Waals surface area contributed by atoms with Gasteiger partial charge >= 0.3 is 0 Å². The van der Waals surface area contributed by atoms with Gasteiger partial charge in [-0.1, -0.05) is 18.9 Å². The smallest absolute Gasteiger partial charge is 0.223 e. The molecule has 168 valence electrons. The average molecular weight is 434 g/mol. The number of hydrogen-bond acceptors (Lipinski definition) is 7. The number of likely N-dealkylation sites (tertiary alicyclic amines) is 1. The Bertz CT molecular complexity index is 983. The van der Waals surface area contributed by atoms with Crippen LogP contribution in [0.15, 0.2) is 35.9 Å². The van der Waals surface area contributed by atoms with E-state index in [0.717, 1.165) is 56.7 Å². The number of aryl methyl sites for hydroxylation is 1. The molecule has 1 amide bonds. The van der Waals surface area contributed by atoms with Crippen LogP contribution in [0, 0.1) is 18.3 Å². The van der Waals surface area contributed by atoms with Crippen LogP contribution in [0.25, 0.3) is 5.57 Å². The molecule has 1 aromatic heterocycles. The van der Waals surface area contributed by atoms with Crippen LogP contribution in [0.2, 0.25) is 0 Å². The third-order valence-corrected chi connectivity index (χ3v) is 6.16. The van der Waals surface area contributed by atoms with Crippen molar-refractivity contribution in [3.8, 4) is 6.07 Å². The SMILES string of the molecule is Cc1cnc(NC2CCCC2)nc1/C(C#N)=C1/C=CC=C(NCCCN2CCCC2=O)N1. The summed E-state index contributed by atoms with van der Waals surface area (Å²) in [5, 5.41) is 20.0. The van der Waals surface area contributed by atoms with Gasteiger partial charge in [0.25, 0.3) is 0 Å². The van der Waals surface area contributed by atoms with Gasteiger partial charge in [0.2, 0.25) is 11.9 Å². The van der Waals surface area contributed by atoms with E-state index in [1.54, 1.807) is 6.20 Å². The van der Waals surface area contributed by atoms with Crippen molar-refractivity contribution in [2.45, 2.75) is 57.9 Å². The highest BCUT2D eigenvalue weighted by molar-refractivity contribution is 5.81. The van der Waals surface area contributed by atoms with E-state index in [1.165, 1.54) is 12.8 Å². The first-order valence-corrected chi connectivity index (χ1v) is 11.6. The lowest BCUT2D eigenvalue weighted by Gasteiger charge is -2.20. The number of rotatable bonds is 8. The fourth-order valence-corrected chi connectivity index (χ4v) is 4.41. The van der Waals surface area contributed by atoms with Crippen molar-refractivity contribution in [1.82, 2.24) is 25.5 Å². The molecule has 2 fully saturated rings. The van der Waals surface area contributed by atoms with E-state index in [2.05, 4.69) is 32.0 Å². The molecule has 1 aromatic rings. The Morgan fingerprint density at radius 3 is 2.94 bits per heavy atom. The average Bonchev–Trinajstić information content (AvgIpc) is 3.46. The van der Waals surface area contributed by atoms with Crippen LogP contribution in [0.4, 0.5) is 5.95 Å². The first kappa shape index (κ1) is 21.9. The van der Waals surface area contributed by atoms with Crippen molar-refractivity contribution < 1.29 is 4.79 Å². The fourth-order valence-electron chi connectivity index (χ4n) is 4.41. The summed E-state index contributed by atoms with van der Waals surface area (Å²) in [6, 6.07) is 2.74. The molecule has 2 aliphatic heterocycles. The van der Waals surface area contributed by atoms with Gasteiger partial charge in [0.1, 0.15) is 17.5 Å². The Morgan fingerprint density at radius 2 is 2.19 bits per heavy atom. The van der Waals surface area contributed by atoms with Gasteiger partial charge in [-0.25, -0.2) is 9.97 Å². The summed E-state index contributed by atoms with van der Waals surface area (Å²) >= 11 is 0. The minimum absolute atomic E-state index is 0.258. The lowest BCUT2D eigenvalue weighted by molar-refractivity contribution is -0.127. The van der Waals surface area contributed by atoms with Crippen molar-refractivity contribution >= 4 is 17.4 Å². The normalized spacial score (nSPS) is 20.1. The van der Waals surface area contributed by atoms with Crippen LogP contribution in [0.3, 0.4) is 0 Å². The molecule has 8 heteroatoms. The maximum Gasteiger partial charge on any atom is 0.223 e. The maximum absolute atomic E-state index is 11.7. The van der Waals surface area contributed by atoms with Gasteiger partial charge in [-0.15, -0.1) is 0 Å². The molecule has 3 aliphatic rings. The molecule has 3 N–H and O–H groups in total. The third kappa shape index (κ3) is 5.28. The van der Waals surface area contributed by atoms with Crippen LogP contribution in [0.5, 0.6) is 0 Å². The van der Waals surface area contributed by atoms with Crippen LogP contribution >= 0.6 is 0 Å². The zero-order chi connectivity index (χ0) is 22.3. The topological polar surface area (TPSA) is 106 Å². The first-order valence-electron chi connectivity index (χ1n) is 11.6. The lowest BCUT2D eigenvalue weighted by Crippen LogP contribution is -2.31. The summed E-state index contributed by atoms with van der Waals surface area (Å²) in [6.45, 7) is 4.32. The summed E-state index contributed by atoms with van der Waals surface area (Å²) < 4.78 is 0. The Hall–Kier alpha value is -3.34. The van der Waals surface area contributed by atoms with E-state index in [4.69, 9.17) is 0 Å². The number of hydrogen-bond donors (Lipinski definition) is 3. The number of nitrogens with zero attached hydrogens (tertiary/aromatic N) is 4. The van der Waals surface area contributed by atoms with Gasteiger partial charge in [-0.05, 0) is 50.3 Å². The predicted molar refractivity (Wildman–Crippen MR) is 124 cm³/mol. The molecule has 32 heavy (non-hydrogen) atoms. The Balaban J connectivity index is 1.40. The van der Waals surface area contributed by atoms with Crippen LogP contribution in [0.1, 0.15) is 56.2 Å². The molecular weight excluding hydrogens is 402 g/mol. The van der Waals surface area contributed by atoms with Crippen molar-refractivity contribution in [3.05, 3.63) is 47.2 Å². The summed E-state index contributed by atoms with van der Waals surface area (Å²) in [5.41, 5.74) is 2.70. The molecule has 8 nitrogen and oxygen atoms in total. The van der Waals surface area contributed by atoms with Gasteiger partial charge in [-0.2, -0.15) is 5.26 Å². The summed E-state index contributed by atoms with van der Waals surface area (Å²) in [7, 11) is 0. The summed E-state index contributed by atoms with van der Waals surface area (Å²) in [6.07, 6.45) is 14.8. The molecule has 1 saturated carbocycles. The molecule has 0 spiro atoms. The van der Waals surface area contributed by atoms with E-state index in [0.29, 0.717) is 35.4 Å². The summed E-state index contributed by atoms with van der Waals surface area (Å²) in [5.74, 6) is 1.67. The molecule has 1 aliphatic carbocycles. The second kappa shape index (κ2) is 10.3.